The maximum absolute atomic E-state index is 3.91. The van der Waals surface area contributed by atoms with E-state index in [2.05, 4.69) is 45.2 Å². The monoisotopic (exact) mass is 444 g/mol. The Labute approximate surface area is 158 Å². The summed E-state index contributed by atoms with van der Waals surface area (Å²) in [5.74, 6) is 0. The maximum atomic E-state index is 3.91. The van der Waals surface area contributed by atoms with E-state index in [4.69, 9.17) is 0 Å². The molecule has 0 amide bonds. The zero-order valence-electron chi connectivity index (χ0n) is 10.9. The van der Waals surface area contributed by atoms with Crippen LogP contribution in [0.1, 0.15) is 38.8 Å². The fourth-order valence-corrected chi connectivity index (χ4v) is 1.54. The van der Waals surface area contributed by atoms with E-state index in [9.17, 15) is 0 Å². The van der Waals surface area contributed by atoms with Crippen LogP contribution >= 0.6 is 0 Å². The van der Waals surface area contributed by atoms with Gasteiger partial charge in [-0.15, -0.1) is 0 Å². The number of aryl methyl sites for hydroxylation is 2. The molecule has 0 heterocycles. The Balaban J connectivity index is -0.000000750. The predicted octanol–water partition coefficient (Wildman–Crippen LogP) is 3.93. The summed E-state index contributed by atoms with van der Waals surface area (Å²) in [4.78, 5) is 2.03. The standard InChI is InChI=1S/C14H22N.CH4.Ar.W/c1-5-13-8-10-14(11-9-13)7-6-12(2)15(3)4;;;/h8-12H,3,5-7H2,1-2,4H3;1H4;;/q-1;;;. The first kappa shape index (κ1) is 24.2. The van der Waals surface area contributed by atoms with Gasteiger partial charge in [-0.25, -0.2) is 0 Å². The van der Waals surface area contributed by atoms with Crippen LogP contribution < -0.4 is 0 Å². The average molecular weight is 444 g/mol. The first-order chi connectivity index (χ1) is 7.13. The van der Waals surface area contributed by atoms with Crippen molar-refractivity contribution >= 4 is 0 Å². The van der Waals surface area contributed by atoms with Crippen LogP contribution in [-0.2, 0) is 33.9 Å². The van der Waals surface area contributed by atoms with Gasteiger partial charge in [-0.3, -0.25) is 7.05 Å². The summed E-state index contributed by atoms with van der Waals surface area (Å²) >= 11 is 0. The number of rotatable bonds is 5. The molecule has 0 bridgehead atoms. The van der Waals surface area contributed by atoms with Gasteiger partial charge in [0.15, 0.2) is 0 Å². The largest absolute Gasteiger partial charge is 0.459 e. The molecule has 1 nitrogen and oxygen atoms in total. The molecule has 1 aromatic carbocycles. The third-order valence-corrected chi connectivity index (χ3v) is 3.03. The van der Waals surface area contributed by atoms with Crippen molar-refractivity contribution in [1.82, 2.24) is 4.90 Å². The van der Waals surface area contributed by atoms with Crippen LogP contribution in [0, 0.1) is 44.8 Å². The van der Waals surface area contributed by atoms with Crippen LogP contribution in [0.5, 0.6) is 0 Å². The molecule has 0 saturated carbocycles. The van der Waals surface area contributed by atoms with Crippen molar-refractivity contribution in [1.29, 1.82) is 0 Å². The molecule has 0 aliphatic heterocycles. The second-order valence-electron chi connectivity index (χ2n) is 4.31. The van der Waals surface area contributed by atoms with Gasteiger partial charge in [0.05, 0.1) is 0 Å². The van der Waals surface area contributed by atoms with Crippen molar-refractivity contribution in [2.24, 2.45) is 0 Å². The van der Waals surface area contributed by atoms with E-state index in [0.29, 0.717) is 6.04 Å². The molecular weight excluding hydrogens is 418 g/mol. The van der Waals surface area contributed by atoms with E-state index in [1.54, 1.807) is 0 Å². The summed E-state index contributed by atoms with van der Waals surface area (Å²) in [5.41, 5.74) is 2.85. The Bertz CT molecular complexity index is 285. The molecule has 0 radical (unpaired) electrons. The van der Waals surface area contributed by atoms with Gasteiger partial charge in [0.25, 0.3) is 0 Å². The molecule has 0 saturated heterocycles. The molecule has 0 fully saturated rings. The molecule has 0 spiro atoms. The summed E-state index contributed by atoms with van der Waals surface area (Å²) in [7, 11) is 5.94. The second-order valence-corrected chi connectivity index (χ2v) is 4.31. The minimum atomic E-state index is 0. The van der Waals surface area contributed by atoms with Gasteiger partial charge in [-0.2, -0.15) is 0 Å². The summed E-state index contributed by atoms with van der Waals surface area (Å²) in [6, 6.07) is 9.50. The van der Waals surface area contributed by atoms with Crippen LogP contribution in [0.3, 0.4) is 0 Å². The predicted molar refractivity (Wildman–Crippen MR) is 73.5 cm³/mol. The molecule has 1 unspecified atom stereocenters. The van der Waals surface area contributed by atoms with Crippen LogP contribution in [0.2, 0.25) is 0 Å². The Kier molecular flexibility index (Phi) is 17.6. The third-order valence-electron chi connectivity index (χ3n) is 3.03. The number of nitrogens with zero attached hydrogens (tertiary/aromatic N) is 1. The minimum Gasteiger partial charge on any atom is -0.459 e. The topological polar surface area (TPSA) is 3.24 Å². The molecule has 1 rings (SSSR count). The molecule has 1 aromatic rings. The van der Waals surface area contributed by atoms with Crippen molar-refractivity contribution in [2.75, 3.05) is 7.05 Å². The first-order valence-electron chi connectivity index (χ1n) is 5.74. The minimum absolute atomic E-state index is 0. The van der Waals surface area contributed by atoms with Gasteiger partial charge >= 0.3 is 0 Å². The molecule has 1 atom stereocenters. The molecule has 0 aliphatic rings. The van der Waals surface area contributed by atoms with Gasteiger partial charge in [-0.1, -0.05) is 45.5 Å². The maximum Gasteiger partial charge on any atom is 0 e. The third kappa shape index (κ3) is 9.10. The number of benzene rings is 1. The zero-order valence-corrected chi connectivity index (χ0v) is 14.6. The fraction of sp³-hybridized carbons (Fsp3) is 0.533. The smallest absolute Gasteiger partial charge is 0 e. The molecule has 0 N–H and O–H groups in total. The molecule has 0 aliphatic carbocycles. The van der Waals surface area contributed by atoms with Crippen molar-refractivity contribution < 1.29 is 58.8 Å². The molecule has 3 heteroatoms. The normalized spacial score (nSPS) is 10.9. The summed E-state index contributed by atoms with van der Waals surface area (Å²) in [6.45, 7) is 4.40. The van der Waals surface area contributed by atoms with Gasteiger partial charge in [0.2, 0.25) is 0 Å². The van der Waals surface area contributed by atoms with E-state index in [0.717, 1.165) is 12.8 Å². The fourth-order valence-electron chi connectivity index (χ4n) is 1.54. The zero-order chi connectivity index (χ0) is 11.3. The average Bonchev–Trinajstić information content (AvgIpc) is 2.26. The Morgan fingerprint density at radius 3 is 2.00 bits per heavy atom. The van der Waals surface area contributed by atoms with Gasteiger partial charge in [0, 0.05) is 58.8 Å². The first-order valence-corrected chi connectivity index (χ1v) is 5.74. The van der Waals surface area contributed by atoms with Gasteiger partial charge in [-0.05, 0) is 43.5 Å². The summed E-state index contributed by atoms with van der Waals surface area (Å²) in [6.07, 6.45) is 3.44. The Hall–Kier alpha value is 1.13. The van der Waals surface area contributed by atoms with Crippen LogP contribution in [0.4, 0.5) is 0 Å². The number of hydrogen-bond donors (Lipinski definition) is 0. The van der Waals surface area contributed by atoms with Gasteiger partial charge in [0.1, 0.15) is 0 Å². The molecule has 0 aromatic heterocycles. The van der Waals surface area contributed by atoms with Crippen molar-refractivity contribution in [3.63, 3.8) is 0 Å². The Morgan fingerprint density at radius 1 is 1.17 bits per heavy atom. The molecule has 106 valence electrons. The quantitative estimate of drug-likeness (QED) is 0.623. The van der Waals surface area contributed by atoms with Crippen molar-refractivity contribution in [3.05, 3.63) is 42.4 Å². The van der Waals surface area contributed by atoms with Crippen molar-refractivity contribution in [3.8, 4) is 0 Å². The SMILES string of the molecule is C.[Ar].[CH2-]N(C)C(C)CCc1ccc(CC)cc1.[W]. The van der Waals surface area contributed by atoms with Crippen molar-refractivity contribution in [2.45, 2.75) is 46.6 Å². The number of hydrogen-bond acceptors (Lipinski definition) is 1. The molecule has 18 heavy (non-hydrogen) atoms. The van der Waals surface area contributed by atoms with E-state index in [1.165, 1.54) is 17.5 Å². The second kappa shape index (κ2) is 13.1. The Morgan fingerprint density at radius 2 is 1.61 bits per heavy atom. The van der Waals surface area contributed by atoms with Crippen LogP contribution in [0.25, 0.3) is 0 Å². The van der Waals surface area contributed by atoms with E-state index in [1.807, 2.05) is 11.9 Å². The van der Waals surface area contributed by atoms with Crippen LogP contribution in [0.15, 0.2) is 24.3 Å². The van der Waals surface area contributed by atoms with E-state index < -0.39 is 0 Å². The van der Waals surface area contributed by atoms with E-state index >= 15 is 0 Å². The van der Waals surface area contributed by atoms with Crippen LogP contribution in [-0.4, -0.2) is 18.0 Å². The molecular formula is C15H26ArNW-. The van der Waals surface area contributed by atoms with E-state index in [-0.39, 0.29) is 66.2 Å². The summed E-state index contributed by atoms with van der Waals surface area (Å²) < 4.78 is 0. The summed E-state index contributed by atoms with van der Waals surface area (Å²) in [5, 5.41) is 0. The van der Waals surface area contributed by atoms with Gasteiger partial charge < -0.3 is 4.90 Å².